The average Bonchev–Trinajstić information content (AvgIpc) is 2.83. The molecule has 2 saturated heterocycles. The van der Waals surface area contributed by atoms with E-state index in [1.807, 2.05) is 29.2 Å². The Labute approximate surface area is 210 Å². The maximum Gasteiger partial charge on any atom is 0.225 e. The van der Waals surface area contributed by atoms with Gasteiger partial charge in [0.1, 0.15) is 12.9 Å². The molecule has 0 atom stereocenters. The molecular weight excluding hydrogens is 473 g/mol. The zero-order valence-corrected chi connectivity index (χ0v) is 20.9. The number of aromatic nitrogens is 1. The molecule has 9 heteroatoms. The Morgan fingerprint density at radius 3 is 2.44 bits per heavy atom. The molecule has 2 aliphatic rings. The highest BCUT2D eigenvalue weighted by molar-refractivity contribution is 6.37. The molecule has 3 heterocycles. The molecule has 1 amide bonds. The molecule has 0 unspecified atom stereocenters. The van der Waals surface area contributed by atoms with Crippen molar-refractivity contribution < 1.29 is 9.63 Å². The molecule has 0 radical (unpaired) electrons. The van der Waals surface area contributed by atoms with Gasteiger partial charge in [-0.25, -0.2) is 4.98 Å². The fourth-order valence-corrected chi connectivity index (χ4v) is 5.46. The smallest absolute Gasteiger partial charge is 0.225 e. The largest absolute Gasteiger partial charge is 0.399 e. The molecular formula is C25H31Cl2N5O2. The summed E-state index contributed by atoms with van der Waals surface area (Å²) in [5.74, 6) is 1.09. The molecule has 1 aromatic carbocycles. The summed E-state index contributed by atoms with van der Waals surface area (Å²) in [6, 6.07) is 9.32. The lowest BCUT2D eigenvalue weighted by atomic mass is 9.87. The van der Waals surface area contributed by atoms with Crippen LogP contribution in [-0.2, 0) is 16.2 Å². The molecule has 34 heavy (non-hydrogen) atoms. The molecule has 182 valence electrons. The van der Waals surface area contributed by atoms with Crippen molar-refractivity contribution in [2.75, 3.05) is 39.0 Å². The standard InChI is InChI=1S/C25H31Cl2N5O2/c1-34-30-24(21-3-2-20(26)15-22(21)27)18-7-12-32(13-8-18)25(33)19-5-10-31(11-6-19)16-17-4-9-29-23(28)14-17/h2-4,9,14-15,18-19H,5-8,10-13,16H2,1H3,(H2,28,29)/b30-24-. The van der Waals surface area contributed by atoms with Gasteiger partial charge in [-0.3, -0.25) is 9.69 Å². The Kier molecular flexibility index (Phi) is 8.29. The first-order valence-electron chi connectivity index (χ1n) is 11.7. The van der Waals surface area contributed by atoms with E-state index in [9.17, 15) is 4.79 Å². The van der Waals surface area contributed by atoms with E-state index in [1.165, 1.54) is 0 Å². The van der Waals surface area contributed by atoms with Crippen LogP contribution in [0.2, 0.25) is 10.0 Å². The molecule has 2 aliphatic heterocycles. The van der Waals surface area contributed by atoms with Crippen LogP contribution in [0.3, 0.4) is 0 Å². The van der Waals surface area contributed by atoms with Crippen molar-refractivity contribution in [3.8, 4) is 0 Å². The van der Waals surface area contributed by atoms with E-state index < -0.39 is 0 Å². The maximum atomic E-state index is 13.2. The summed E-state index contributed by atoms with van der Waals surface area (Å²) in [6.45, 7) is 4.10. The highest BCUT2D eigenvalue weighted by Gasteiger charge is 2.33. The summed E-state index contributed by atoms with van der Waals surface area (Å²) in [5, 5.41) is 5.43. The number of likely N-dealkylation sites (tertiary alicyclic amines) is 2. The molecule has 2 aromatic rings. The quantitative estimate of drug-likeness (QED) is 0.464. The number of piperidine rings is 2. The Bertz CT molecular complexity index is 1030. The highest BCUT2D eigenvalue weighted by Crippen LogP contribution is 2.30. The third-order valence-corrected chi connectivity index (χ3v) is 7.33. The first-order chi connectivity index (χ1) is 16.4. The number of amides is 1. The van der Waals surface area contributed by atoms with Crippen molar-refractivity contribution in [3.05, 3.63) is 57.7 Å². The predicted molar refractivity (Wildman–Crippen MR) is 136 cm³/mol. The first kappa shape index (κ1) is 24.8. The normalized spacial score (nSPS) is 18.8. The highest BCUT2D eigenvalue weighted by atomic mass is 35.5. The van der Waals surface area contributed by atoms with E-state index in [2.05, 4.69) is 15.0 Å². The molecule has 0 spiro atoms. The van der Waals surface area contributed by atoms with Gasteiger partial charge in [0.05, 0.1) is 10.7 Å². The number of carbonyl (C=O) groups is 1. The van der Waals surface area contributed by atoms with Crippen LogP contribution in [0.4, 0.5) is 5.82 Å². The first-order valence-corrected chi connectivity index (χ1v) is 12.5. The van der Waals surface area contributed by atoms with Gasteiger partial charge in [-0.1, -0.05) is 34.4 Å². The van der Waals surface area contributed by atoms with Crippen LogP contribution < -0.4 is 5.73 Å². The van der Waals surface area contributed by atoms with E-state index in [0.29, 0.717) is 29.0 Å². The van der Waals surface area contributed by atoms with Gasteiger partial charge < -0.3 is 15.5 Å². The Hall–Kier alpha value is -2.35. The maximum absolute atomic E-state index is 13.2. The van der Waals surface area contributed by atoms with Crippen molar-refractivity contribution in [3.63, 3.8) is 0 Å². The van der Waals surface area contributed by atoms with E-state index in [1.54, 1.807) is 19.4 Å². The summed E-state index contributed by atoms with van der Waals surface area (Å²) >= 11 is 12.5. The number of hydrogen-bond acceptors (Lipinski definition) is 6. The van der Waals surface area contributed by atoms with Gasteiger partial charge in [-0.2, -0.15) is 0 Å². The van der Waals surface area contributed by atoms with E-state index in [-0.39, 0.29) is 17.7 Å². The van der Waals surface area contributed by atoms with Gasteiger partial charge in [0.15, 0.2) is 0 Å². The lowest BCUT2D eigenvalue weighted by Gasteiger charge is -2.37. The number of nitrogen functional groups attached to an aromatic ring is 1. The van der Waals surface area contributed by atoms with Crippen molar-refractivity contribution >= 4 is 40.6 Å². The summed E-state index contributed by atoms with van der Waals surface area (Å²) in [5.41, 5.74) is 8.61. The number of carbonyl (C=O) groups excluding carboxylic acids is 1. The van der Waals surface area contributed by atoms with Gasteiger partial charge >= 0.3 is 0 Å². The zero-order chi connectivity index (χ0) is 24.1. The molecule has 0 saturated carbocycles. The topological polar surface area (TPSA) is 84.0 Å². The lowest BCUT2D eigenvalue weighted by molar-refractivity contribution is -0.138. The van der Waals surface area contributed by atoms with Crippen LogP contribution in [0.15, 0.2) is 41.7 Å². The zero-order valence-electron chi connectivity index (χ0n) is 19.4. The van der Waals surface area contributed by atoms with Crippen molar-refractivity contribution in [1.82, 2.24) is 14.8 Å². The SMILES string of the molecule is CO/N=C(\c1ccc(Cl)cc1Cl)C1CCN(C(=O)C2CCN(Cc3ccnc(N)c3)CC2)CC1. The third kappa shape index (κ3) is 6.01. The second kappa shape index (κ2) is 11.4. The van der Waals surface area contributed by atoms with Crippen LogP contribution in [0.25, 0.3) is 0 Å². The third-order valence-electron chi connectivity index (χ3n) is 6.78. The second-order valence-corrected chi connectivity index (χ2v) is 9.87. The van der Waals surface area contributed by atoms with E-state index in [0.717, 1.165) is 62.2 Å². The van der Waals surface area contributed by atoms with Crippen LogP contribution in [-0.4, -0.2) is 59.7 Å². The number of rotatable bonds is 6. The second-order valence-electron chi connectivity index (χ2n) is 9.02. The van der Waals surface area contributed by atoms with Crippen LogP contribution in [0.1, 0.15) is 36.8 Å². The number of pyridine rings is 1. The van der Waals surface area contributed by atoms with Crippen molar-refractivity contribution in [1.29, 1.82) is 0 Å². The monoisotopic (exact) mass is 503 g/mol. The number of anilines is 1. The van der Waals surface area contributed by atoms with Crippen LogP contribution >= 0.6 is 23.2 Å². The number of nitrogens with zero attached hydrogens (tertiary/aromatic N) is 4. The minimum atomic E-state index is 0.0909. The molecule has 0 aliphatic carbocycles. The Morgan fingerprint density at radius 1 is 1.09 bits per heavy atom. The molecule has 1 aromatic heterocycles. The number of halogens is 2. The predicted octanol–water partition coefficient (Wildman–Crippen LogP) is 4.47. The van der Waals surface area contributed by atoms with Crippen LogP contribution in [0, 0.1) is 11.8 Å². The number of hydrogen-bond donors (Lipinski definition) is 1. The number of oxime groups is 1. The van der Waals surface area contributed by atoms with Crippen molar-refractivity contribution in [2.24, 2.45) is 17.0 Å². The fraction of sp³-hybridized carbons (Fsp3) is 0.480. The number of nitrogens with two attached hydrogens (primary N) is 1. The Morgan fingerprint density at radius 2 is 1.79 bits per heavy atom. The lowest BCUT2D eigenvalue weighted by Crippen LogP contribution is -2.46. The van der Waals surface area contributed by atoms with Gasteiger partial charge in [0, 0.05) is 48.3 Å². The fourth-order valence-electron chi connectivity index (χ4n) is 4.96. The van der Waals surface area contributed by atoms with Gasteiger partial charge in [-0.15, -0.1) is 0 Å². The molecule has 0 bridgehead atoms. The molecule has 2 N–H and O–H groups in total. The van der Waals surface area contributed by atoms with E-state index in [4.69, 9.17) is 33.8 Å². The summed E-state index contributed by atoms with van der Waals surface area (Å²) in [6.07, 6.45) is 5.17. The summed E-state index contributed by atoms with van der Waals surface area (Å²) in [7, 11) is 1.54. The summed E-state index contributed by atoms with van der Waals surface area (Å²) in [4.78, 5) is 26.8. The average molecular weight is 504 g/mol. The van der Waals surface area contributed by atoms with Gasteiger partial charge in [0.25, 0.3) is 0 Å². The van der Waals surface area contributed by atoms with Crippen LogP contribution in [0.5, 0.6) is 0 Å². The summed E-state index contributed by atoms with van der Waals surface area (Å²) < 4.78 is 0. The Balaban J connectivity index is 1.30. The molecule has 2 fully saturated rings. The van der Waals surface area contributed by atoms with E-state index >= 15 is 0 Å². The molecule has 4 rings (SSSR count). The van der Waals surface area contributed by atoms with Gasteiger partial charge in [0.2, 0.25) is 5.91 Å². The number of benzene rings is 1. The van der Waals surface area contributed by atoms with Crippen molar-refractivity contribution in [2.45, 2.75) is 32.2 Å². The van der Waals surface area contributed by atoms with Gasteiger partial charge in [-0.05, 0) is 68.6 Å². The molecule has 7 nitrogen and oxygen atoms in total. The minimum Gasteiger partial charge on any atom is -0.399 e. The minimum absolute atomic E-state index is 0.0909.